The van der Waals surface area contributed by atoms with Crippen molar-refractivity contribution < 1.29 is 80.3 Å². The molecule has 1 fully saturated rings. The first kappa shape index (κ1) is 68.6. The van der Waals surface area contributed by atoms with E-state index in [9.17, 15) is 52.0 Å². The number of morpholine rings is 1. The number of esters is 3. The first-order chi connectivity index (χ1) is 38.3. The van der Waals surface area contributed by atoms with E-state index in [2.05, 4.69) is 16.9 Å². The number of carbonyl (C=O) groups excluding carboxylic acids is 6. The summed E-state index contributed by atoms with van der Waals surface area (Å²) in [5, 5.41) is 25.2. The molecule has 0 unspecified atom stereocenters. The molecule has 2 N–H and O–H groups in total. The lowest BCUT2D eigenvalue weighted by atomic mass is 9.75. The fraction of sp³-hybridized carbons (Fsp3) is 0.567. The number of phenolic OH excluding ortho intramolecular Hbond substituents is 2. The summed E-state index contributed by atoms with van der Waals surface area (Å²) in [4.78, 5) is 79.0. The quantitative estimate of drug-likeness (QED) is 0.0100. The number of unbranched alkanes of at least 4 members (excludes halogenated alkanes) is 3. The number of amides is 1. The first-order valence-corrected chi connectivity index (χ1v) is 29.5. The molecule has 5 rings (SSSR count). The van der Waals surface area contributed by atoms with Gasteiger partial charge in [0.1, 0.15) is 43.5 Å². The number of nitrogens with zero attached hydrogens (tertiary/aromatic N) is 4. The molecule has 1 aromatic heterocycles. The summed E-state index contributed by atoms with van der Waals surface area (Å²) in [7, 11) is -4.21. The molecule has 2 aromatic carbocycles. The number of aromatic nitrogens is 1. The van der Waals surface area contributed by atoms with Crippen LogP contribution in [-0.4, -0.2) is 134 Å². The number of pyridine rings is 1. The zero-order valence-corrected chi connectivity index (χ0v) is 49.7. The smallest absolute Gasteiger partial charge is 0.498 e. The Kier molecular flexibility index (Phi) is 29.2. The molecule has 20 nitrogen and oxygen atoms in total. The number of benzene rings is 2. The molecule has 0 aliphatic carbocycles. The summed E-state index contributed by atoms with van der Waals surface area (Å²) in [5.74, 6) is -1.47. The van der Waals surface area contributed by atoms with Crippen molar-refractivity contribution in [3.05, 3.63) is 88.8 Å². The van der Waals surface area contributed by atoms with Gasteiger partial charge in [-0.25, -0.2) is 18.1 Å². The third-order valence-electron chi connectivity index (χ3n) is 13.4. The van der Waals surface area contributed by atoms with E-state index in [1.165, 1.54) is 4.57 Å². The average molecular weight is 1150 g/mol. The Hall–Kier alpha value is -6.71. The Labute approximate surface area is 478 Å². The van der Waals surface area contributed by atoms with Gasteiger partial charge in [0.05, 0.1) is 66.8 Å². The van der Waals surface area contributed by atoms with Gasteiger partial charge in [-0.3, -0.25) is 14.4 Å². The van der Waals surface area contributed by atoms with E-state index in [4.69, 9.17) is 18.9 Å². The predicted molar refractivity (Wildman–Crippen MR) is 306 cm³/mol. The highest BCUT2D eigenvalue weighted by Crippen LogP contribution is 2.43. The van der Waals surface area contributed by atoms with Gasteiger partial charge in [-0.1, -0.05) is 85.0 Å². The zero-order chi connectivity index (χ0) is 60.2. The summed E-state index contributed by atoms with van der Waals surface area (Å²) < 4.78 is 53.8. The summed E-state index contributed by atoms with van der Waals surface area (Å²) in [6.45, 7) is 20.5. The molecular formula is C60H86N4O16S. The number of Topliss-reactive ketones (excluding diaryl/α,β-unsaturated/α-hetero) is 1. The Morgan fingerprint density at radius 2 is 1.28 bits per heavy atom. The number of rotatable bonds is 28. The lowest BCUT2D eigenvalue weighted by Gasteiger charge is -2.30. The van der Waals surface area contributed by atoms with Crippen LogP contribution in [0.25, 0.3) is 6.08 Å². The lowest BCUT2D eigenvalue weighted by Crippen LogP contribution is -2.55. The number of hydrogen-bond acceptors (Lipinski definition) is 18. The molecule has 0 saturated carbocycles. The van der Waals surface area contributed by atoms with Crippen LogP contribution in [0.1, 0.15) is 162 Å². The lowest BCUT2D eigenvalue weighted by molar-refractivity contribution is -0.578. The van der Waals surface area contributed by atoms with Crippen LogP contribution >= 0.6 is 0 Å². The van der Waals surface area contributed by atoms with E-state index >= 15 is 0 Å². The number of ketones is 1. The third kappa shape index (κ3) is 25.3. The second-order valence-corrected chi connectivity index (χ2v) is 22.9. The SMILES string of the molecule is CCCCCCOC(=O)CCCC(C)(C)c1cc(O)c(C(C)(C)CCCC(C)=O)cc1O.CCCOC(=O)CN(CC(=O)OCCC)c1ccc(C=C2C(=O)ON=C2C)cc1.O=C(N1CCOCC1)[n+]1ccc(CCS(=O)(=O)[O-])cc1. The number of phenols is 2. The fourth-order valence-electron chi connectivity index (χ4n) is 8.62. The van der Waals surface area contributed by atoms with Gasteiger partial charge >= 0.3 is 29.9 Å². The minimum atomic E-state index is -4.21. The second-order valence-electron chi connectivity index (χ2n) is 21.4. The molecule has 3 heterocycles. The van der Waals surface area contributed by atoms with Crippen molar-refractivity contribution in [1.82, 2.24) is 4.90 Å². The van der Waals surface area contributed by atoms with Gasteiger partial charge in [0.25, 0.3) is 0 Å². The maximum Gasteiger partial charge on any atom is 0.498 e. The largest absolute Gasteiger partial charge is 0.748 e. The van der Waals surface area contributed by atoms with Crippen molar-refractivity contribution in [2.75, 3.05) is 69.9 Å². The van der Waals surface area contributed by atoms with E-state index in [1.54, 1.807) is 90.6 Å². The molecular weight excluding hydrogens is 1060 g/mol. The van der Waals surface area contributed by atoms with Crippen molar-refractivity contribution in [3.8, 4) is 11.5 Å². The highest BCUT2D eigenvalue weighted by molar-refractivity contribution is 7.85. The zero-order valence-electron chi connectivity index (χ0n) is 48.9. The molecule has 21 heteroatoms. The summed E-state index contributed by atoms with van der Waals surface area (Å²) >= 11 is 0. The highest BCUT2D eigenvalue weighted by atomic mass is 32.2. The highest BCUT2D eigenvalue weighted by Gasteiger charge is 2.31. The Morgan fingerprint density at radius 1 is 0.753 bits per heavy atom. The topological polar surface area (TPSA) is 269 Å². The maximum atomic E-state index is 12.1. The molecule has 0 spiro atoms. The molecule has 81 heavy (non-hydrogen) atoms. The molecule has 0 atom stereocenters. The number of hydrogen-bond donors (Lipinski definition) is 2. The molecule has 2 aliphatic rings. The number of carbonyl (C=O) groups is 6. The van der Waals surface area contributed by atoms with Gasteiger partial charge in [0, 0.05) is 35.4 Å². The van der Waals surface area contributed by atoms with Crippen LogP contribution in [0, 0.1) is 0 Å². The van der Waals surface area contributed by atoms with Crippen LogP contribution in [0.15, 0.2) is 71.7 Å². The van der Waals surface area contributed by atoms with Crippen LogP contribution < -0.4 is 9.47 Å². The molecule has 1 amide bonds. The maximum absolute atomic E-state index is 12.1. The van der Waals surface area contributed by atoms with Crippen molar-refractivity contribution >= 4 is 63.3 Å². The third-order valence-corrected chi connectivity index (χ3v) is 14.1. The number of aromatic hydroxyl groups is 2. The van der Waals surface area contributed by atoms with Gasteiger partial charge < -0.3 is 48.2 Å². The normalized spacial score (nSPS) is 13.9. The van der Waals surface area contributed by atoms with Gasteiger partial charge in [-0.05, 0) is 130 Å². The Bertz CT molecular complexity index is 2680. The van der Waals surface area contributed by atoms with E-state index < -0.39 is 39.2 Å². The average Bonchev–Trinajstić information content (AvgIpc) is 3.85. The van der Waals surface area contributed by atoms with Crippen LogP contribution in [0.5, 0.6) is 11.5 Å². The monoisotopic (exact) mass is 1150 g/mol. The molecule has 2 aliphatic heterocycles. The van der Waals surface area contributed by atoms with Crippen LogP contribution in [-0.2, 0) is 75.1 Å². The predicted octanol–water partition coefficient (Wildman–Crippen LogP) is 8.78. The summed E-state index contributed by atoms with van der Waals surface area (Å²) in [6, 6.07) is 13.5. The number of oxime groups is 1. The van der Waals surface area contributed by atoms with E-state index in [0.717, 1.165) is 56.9 Å². The molecule has 1 saturated heterocycles. The van der Waals surface area contributed by atoms with Gasteiger partial charge in [-0.15, -0.1) is 0 Å². The van der Waals surface area contributed by atoms with Gasteiger partial charge in [0.2, 0.25) is 0 Å². The van der Waals surface area contributed by atoms with Crippen LogP contribution in [0.4, 0.5) is 10.5 Å². The van der Waals surface area contributed by atoms with Crippen molar-refractivity contribution in [2.24, 2.45) is 5.16 Å². The second kappa shape index (κ2) is 34.5. The standard InChI is InChI=1S/C27H44O5.C21H26N2O6.C12H16N2O5S/c1-7-8-9-10-17-32-25(31)14-12-16-27(5,6)22-19-23(29)21(18-24(22)30)26(3,4)15-11-13-20(2)28;1-4-10-27-19(24)13-23(14-20(25)28-11-5-2)17-8-6-16(7-9-17)12-18-15(3)22-29-21(18)26;15-12(14-6-8-19-9-7-14)13-4-1-11(2-5-13)3-10-20(16,17)18/h18-19,29-30H,7-17H2,1-6H3;6-9,12H,4-5,10-11,13-14H2,1-3H3;1-2,4-5H,3,6-10H2. The number of anilines is 1. The number of ether oxygens (including phenoxy) is 4. The number of aryl methyl sites for hydroxylation is 1. The van der Waals surface area contributed by atoms with Crippen molar-refractivity contribution in [2.45, 2.75) is 157 Å². The van der Waals surface area contributed by atoms with Crippen LogP contribution in [0.2, 0.25) is 0 Å². The molecule has 3 aromatic rings. The van der Waals surface area contributed by atoms with E-state index in [-0.39, 0.29) is 54.2 Å². The van der Waals surface area contributed by atoms with Gasteiger partial charge in [0.15, 0.2) is 0 Å². The molecule has 0 radical (unpaired) electrons. The minimum Gasteiger partial charge on any atom is -0.748 e. The Morgan fingerprint density at radius 3 is 1.77 bits per heavy atom. The summed E-state index contributed by atoms with van der Waals surface area (Å²) in [6.07, 6.45) is 14.4. The van der Waals surface area contributed by atoms with E-state index in [1.807, 2.05) is 41.5 Å². The summed E-state index contributed by atoms with van der Waals surface area (Å²) in [5.41, 5.74) is 3.62. The van der Waals surface area contributed by atoms with Crippen molar-refractivity contribution in [3.63, 3.8) is 0 Å². The fourth-order valence-corrected chi connectivity index (χ4v) is 9.11. The van der Waals surface area contributed by atoms with Crippen LogP contribution in [0.3, 0.4) is 0 Å². The molecule has 0 bridgehead atoms. The van der Waals surface area contributed by atoms with E-state index in [0.29, 0.717) is 105 Å². The van der Waals surface area contributed by atoms with Gasteiger partial charge in [-0.2, -0.15) is 9.36 Å². The minimum absolute atomic E-state index is 0.0697. The van der Waals surface area contributed by atoms with Crippen molar-refractivity contribution in [1.29, 1.82) is 0 Å². The first-order valence-electron chi connectivity index (χ1n) is 28.0. The Balaban J connectivity index is 0.000000327. The molecule has 448 valence electrons.